The topological polar surface area (TPSA) is 58.4 Å². The number of nitrogens with one attached hydrogen (secondary N) is 1. The van der Waals surface area contributed by atoms with E-state index in [9.17, 15) is 4.79 Å². The van der Waals surface area contributed by atoms with Crippen molar-refractivity contribution in [3.05, 3.63) is 0 Å². The molecule has 1 amide bonds. The Morgan fingerprint density at radius 3 is 2.54 bits per heavy atom. The summed E-state index contributed by atoms with van der Waals surface area (Å²) >= 11 is 0. The number of carbonyl (C=O) groups is 1. The minimum atomic E-state index is -0.0884. The molecule has 76 valence electrons. The lowest BCUT2D eigenvalue weighted by atomic mass is 9.98. The molecule has 0 aromatic heterocycles. The molecule has 3 N–H and O–H groups in total. The summed E-state index contributed by atoms with van der Waals surface area (Å²) in [6, 6.07) is -0.0856. The molecule has 0 spiro atoms. The zero-order valence-corrected chi connectivity index (χ0v) is 8.42. The molecule has 1 aliphatic rings. The number of likely N-dealkylation sites (tertiary alicyclic amines) is 1. The van der Waals surface area contributed by atoms with Crippen LogP contribution in [-0.2, 0) is 4.79 Å². The molecule has 0 bridgehead atoms. The molecule has 1 saturated heterocycles. The fourth-order valence-corrected chi connectivity index (χ4v) is 1.70. The minimum Gasteiger partial charge on any atom is -0.293 e. The van der Waals surface area contributed by atoms with Crippen LogP contribution in [0.15, 0.2) is 0 Å². The Bertz CT molecular complexity index is 176. The van der Waals surface area contributed by atoms with Crippen molar-refractivity contribution in [1.82, 2.24) is 10.3 Å². The summed E-state index contributed by atoms with van der Waals surface area (Å²) in [7, 11) is 0. The number of piperidine rings is 1. The Balaban J connectivity index is 2.39. The van der Waals surface area contributed by atoms with E-state index in [2.05, 4.69) is 17.2 Å². The first-order valence-electron chi connectivity index (χ1n) is 4.89. The lowest BCUT2D eigenvalue weighted by Gasteiger charge is -2.33. The predicted molar refractivity (Wildman–Crippen MR) is 51.8 cm³/mol. The number of hydrogen-bond acceptors (Lipinski definition) is 3. The fraction of sp³-hybridized carbons (Fsp3) is 0.889. The number of hydrazine groups is 1. The maximum absolute atomic E-state index is 11.2. The summed E-state index contributed by atoms with van der Waals surface area (Å²) in [6.45, 7) is 6.18. The van der Waals surface area contributed by atoms with Crippen molar-refractivity contribution in [3.8, 4) is 0 Å². The molecule has 0 unspecified atom stereocenters. The van der Waals surface area contributed by atoms with Gasteiger partial charge in [0.05, 0.1) is 6.04 Å². The average Bonchev–Trinajstić information content (AvgIpc) is 2.17. The molecular formula is C9H19N3O. The molecular weight excluding hydrogens is 166 g/mol. The highest BCUT2D eigenvalue weighted by Crippen LogP contribution is 2.17. The van der Waals surface area contributed by atoms with Gasteiger partial charge < -0.3 is 0 Å². The Hall–Kier alpha value is -0.610. The zero-order chi connectivity index (χ0) is 9.84. The van der Waals surface area contributed by atoms with Gasteiger partial charge in [-0.05, 0) is 38.8 Å². The first-order chi connectivity index (χ1) is 6.15. The third kappa shape index (κ3) is 2.67. The lowest BCUT2D eigenvalue weighted by molar-refractivity contribution is -0.126. The second kappa shape index (κ2) is 4.58. The number of nitrogens with two attached hydrogens (primary N) is 1. The first kappa shape index (κ1) is 10.5. The molecule has 0 aromatic carbocycles. The molecule has 1 aliphatic heterocycles. The molecule has 1 fully saturated rings. The summed E-state index contributed by atoms with van der Waals surface area (Å²) in [4.78, 5) is 13.4. The Labute approximate surface area is 79.4 Å². The predicted octanol–water partition coefficient (Wildman–Crippen LogP) is 0.0967. The van der Waals surface area contributed by atoms with Gasteiger partial charge in [-0.2, -0.15) is 0 Å². The van der Waals surface area contributed by atoms with E-state index in [4.69, 9.17) is 5.84 Å². The van der Waals surface area contributed by atoms with Crippen LogP contribution < -0.4 is 11.3 Å². The van der Waals surface area contributed by atoms with E-state index in [-0.39, 0.29) is 11.9 Å². The SMILES string of the molecule is CC1CCN([C@H](C)C(=O)NN)CC1. The van der Waals surface area contributed by atoms with Gasteiger partial charge >= 0.3 is 0 Å². The van der Waals surface area contributed by atoms with Gasteiger partial charge in [0.2, 0.25) is 0 Å². The van der Waals surface area contributed by atoms with Crippen LogP contribution in [0.2, 0.25) is 0 Å². The molecule has 4 nitrogen and oxygen atoms in total. The molecule has 1 heterocycles. The quantitative estimate of drug-likeness (QED) is 0.364. The molecule has 1 atom stereocenters. The summed E-state index contributed by atoms with van der Waals surface area (Å²) in [5.74, 6) is 5.79. The molecule has 4 heteroatoms. The molecule has 0 aliphatic carbocycles. The smallest absolute Gasteiger partial charge is 0.250 e. The van der Waals surface area contributed by atoms with Crippen molar-refractivity contribution in [3.63, 3.8) is 0 Å². The van der Waals surface area contributed by atoms with E-state index < -0.39 is 0 Å². The van der Waals surface area contributed by atoms with Gasteiger partial charge in [-0.1, -0.05) is 6.92 Å². The van der Waals surface area contributed by atoms with E-state index in [1.165, 1.54) is 12.8 Å². The summed E-state index contributed by atoms with van der Waals surface area (Å²) < 4.78 is 0. The monoisotopic (exact) mass is 185 g/mol. The number of amides is 1. The second-order valence-corrected chi connectivity index (χ2v) is 3.90. The Kier molecular flexibility index (Phi) is 3.69. The van der Waals surface area contributed by atoms with Crippen LogP contribution in [0, 0.1) is 5.92 Å². The number of rotatable bonds is 2. The standard InChI is InChI=1S/C9H19N3O/c1-7-3-5-12(6-4-7)8(2)9(13)11-10/h7-8H,3-6,10H2,1-2H3,(H,11,13)/t8-/m1/s1. The summed E-state index contributed by atoms with van der Waals surface area (Å²) in [5.41, 5.74) is 2.19. The van der Waals surface area contributed by atoms with Gasteiger partial charge in [0.1, 0.15) is 0 Å². The van der Waals surface area contributed by atoms with E-state index in [1.807, 2.05) is 6.92 Å². The van der Waals surface area contributed by atoms with Gasteiger partial charge in [0.25, 0.3) is 5.91 Å². The third-order valence-electron chi connectivity index (χ3n) is 2.89. The van der Waals surface area contributed by atoms with Crippen LogP contribution in [0.4, 0.5) is 0 Å². The number of nitrogens with zero attached hydrogens (tertiary/aromatic N) is 1. The fourth-order valence-electron chi connectivity index (χ4n) is 1.70. The van der Waals surface area contributed by atoms with Gasteiger partial charge in [0, 0.05) is 0 Å². The van der Waals surface area contributed by atoms with Gasteiger partial charge in [-0.25, -0.2) is 5.84 Å². The highest BCUT2D eigenvalue weighted by atomic mass is 16.2. The summed E-state index contributed by atoms with van der Waals surface area (Å²) in [5, 5.41) is 0. The van der Waals surface area contributed by atoms with Crippen molar-refractivity contribution in [2.45, 2.75) is 32.7 Å². The maximum atomic E-state index is 11.2. The van der Waals surface area contributed by atoms with E-state index in [0.717, 1.165) is 19.0 Å². The van der Waals surface area contributed by atoms with Crippen LogP contribution in [-0.4, -0.2) is 29.9 Å². The number of carbonyl (C=O) groups excluding carboxylic acids is 1. The van der Waals surface area contributed by atoms with Crippen LogP contribution in [0.3, 0.4) is 0 Å². The molecule has 0 radical (unpaired) electrons. The normalized spacial score (nSPS) is 22.7. The van der Waals surface area contributed by atoms with Gasteiger partial charge in [-0.15, -0.1) is 0 Å². The van der Waals surface area contributed by atoms with E-state index in [1.54, 1.807) is 0 Å². The largest absolute Gasteiger partial charge is 0.293 e. The second-order valence-electron chi connectivity index (χ2n) is 3.90. The van der Waals surface area contributed by atoms with Crippen molar-refractivity contribution in [2.24, 2.45) is 11.8 Å². The highest BCUT2D eigenvalue weighted by molar-refractivity contribution is 5.80. The van der Waals surface area contributed by atoms with Crippen LogP contribution in [0.5, 0.6) is 0 Å². The first-order valence-corrected chi connectivity index (χ1v) is 4.89. The molecule has 1 rings (SSSR count). The summed E-state index contributed by atoms with van der Waals surface area (Å²) in [6.07, 6.45) is 2.37. The third-order valence-corrected chi connectivity index (χ3v) is 2.89. The van der Waals surface area contributed by atoms with Crippen molar-refractivity contribution in [1.29, 1.82) is 0 Å². The van der Waals surface area contributed by atoms with Gasteiger partial charge in [-0.3, -0.25) is 15.1 Å². The van der Waals surface area contributed by atoms with Crippen molar-refractivity contribution < 1.29 is 4.79 Å². The van der Waals surface area contributed by atoms with Crippen molar-refractivity contribution >= 4 is 5.91 Å². The maximum Gasteiger partial charge on any atom is 0.250 e. The molecule has 0 aromatic rings. The van der Waals surface area contributed by atoms with Crippen molar-refractivity contribution in [2.75, 3.05) is 13.1 Å². The van der Waals surface area contributed by atoms with E-state index >= 15 is 0 Å². The molecule has 13 heavy (non-hydrogen) atoms. The van der Waals surface area contributed by atoms with Gasteiger partial charge in [0.15, 0.2) is 0 Å². The average molecular weight is 185 g/mol. The number of hydrogen-bond donors (Lipinski definition) is 2. The minimum absolute atomic E-state index is 0.0856. The molecule has 0 saturated carbocycles. The van der Waals surface area contributed by atoms with Crippen LogP contribution in [0.1, 0.15) is 26.7 Å². The van der Waals surface area contributed by atoms with Crippen LogP contribution >= 0.6 is 0 Å². The Morgan fingerprint density at radius 1 is 1.54 bits per heavy atom. The van der Waals surface area contributed by atoms with E-state index in [0.29, 0.717) is 0 Å². The Morgan fingerprint density at radius 2 is 2.08 bits per heavy atom. The highest BCUT2D eigenvalue weighted by Gasteiger charge is 2.24. The zero-order valence-electron chi connectivity index (χ0n) is 8.42. The van der Waals surface area contributed by atoms with Crippen LogP contribution in [0.25, 0.3) is 0 Å². The lowest BCUT2D eigenvalue weighted by Crippen LogP contribution is -2.49.